The van der Waals surface area contributed by atoms with Gasteiger partial charge in [0.15, 0.2) is 0 Å². The van der Waals surface area contributed by atoms with Crippen LogP contribution in [0.5, 0.6) is 0 Å². The van der Waals surface area contributed by atoms with Crippen molar-refractivity contribution in [2.45, 2.75) is 25.8 Å². The summed E-state index contributed by atoms with van der Waals surface area (Å²) in [7, 11) is 0. The Hall–Kier alpha value is -1.66. The van der Waals surface area contributed by atoms with Crippen molar-refractivity contribution in [1.29, 1.82) is 0 Å². The van der Waals surface area contributed by atoms with Gasteiger partial charge in [-0.25, -0.2) is 0 Å². The summed E-state index contributed by atoms with van der Waals surface area (Å²) in [5, 5.41) is 10.9. The first-order chi connectivity index (χ1) is 11.0. The minimum absolute atomic E-state index is 0.0475. The van der Waals surface area contributed by atoms with E-state index in [-0.39, 0.29) is 24.8 Å². The summed E-state index contributed by atoms with van der Waals surface area (Å²) in [6.45, 7) is 2.47. The first-order valence-corrected chi connectivity index (χ1v) is 8.93. The average Bonchev–Trinajstić information content (AvgIpc) is 3.04. The number of hydrogen-bond acceptors (Lipinski definition) is 3. The van der Waals surface area contributed by atoms with Crippen LogP contribution >= 0.6 is 27.3 Å². The van der Waals surface area contributed by atoms with E-state index in [1.54, 1.807) is 4.90 Å². The highest BCUT2D eigenvalue weighted by molar-refractivity contribution is 9.10. The van der Waals surface area contributed by atoms with Crippen LogP contribution in [0.25, 0.3) is 0 Å². The molecule has 1 aromatic heterocycles. The minimum Gasteiger partial charge on any atom is -0.481 e. The third-order valence-electron chi connectivity index (χ3n) is 3.51. The summed E-state index contributed by atoms with van der Waals surface area (Å²) in [4.78, 5) is 26.3. The Balaban J connectivity index is 2.15. The zero-order valence-electron chi connectivity index (χ0n) is 12.7. The van der Waals surface area contributed by atoms with Crippen molar-refractivity contribution >= 4 is 39.1 Å². The number of aliphatic carboxylic acids is 1. The molecule has 23 heavy (non-hydrogen) atoms. The maximum Gasteiger partial charge on any atom is 0.305 e. The van der Waals surface area contributed by atoms with E-state index in [0.29, 0.717) is 6.54 Å². The molecule has 0 spiro atoms. The van der Waals surface area contributed by atoms with Crippen LogP contribution in [0.4, 0.5) is 0 Å². The monoisotopic (exact) mass is 395 g/mol. The Morgan fingerprint density at radius 2 is 2.09 bits per heavy atom. The molecule has 0 saturated carbocycles. The number of thiophene rings is 1. The molecule has 2 aromatic rings. The second kappa shape index (κ2) is 8.26. The van der Waals surface area contributed by atoms with Gasteiger partial charge in [-0.2, -0.15) is 0 Å². The third-order valence-corrected chi connectivity index (χ3v) is 5.06. The average molecular weight is 396 g/mol. The first kappa shape index (κ1) is 17.7. The minimum atomic E-state index is -0.902. The van der Waals surface area contributed by atoms with E-state index in [1.807, 2.05) is 48.7 Å². The highest BCUT2D eigenvalue weighted by Gasteiger charge is 2.23. The number of carboxylic acid groups (broad SMARTS) is 1. The van der Waals surface area contributed by atoms with E-state index < -0.39 is 5.97 Å². The molecule has 2 rings (SSSR count). The highest BCUT2D eigenvalue weighted by atomic mass is 79.9. The Bertz CT molecular complexity index is 672. The van der Waals surface area contributed by atoms with Crippen LogP contribution in [0.3, 0.4) is 0 Å². The van der Waals surface area contributed by atoms with Crippen LogP contribution in [0.2, 0.25) is 0 Å². The fraction of sp³-hybridized carbons (Fsp3) is 0.294. The Labute approximate surface area is 147 Å². The molecule has 0 aliphatic rings. The number of nitrogens with zero attached hydrogens (tertiary/aromatic N) is 1. The van der Waals surface area contributed by atoms with Crippen LogP contribution in [0, 0.1) is 0 Å². The summed E-state index contributed by atoms with van der Waals surface area (Å²) >= 11 is 4.95. The molecule has 0 saturated heterocycles. The Morgan fingerprint density at radius 1 is 1.30 bits per heavy atom. The van der Waals surface area contributed by atoms with Gasteiger partial charge >= 0.3 is 5.97 Å². The number of hydrogen-bond donors (Lipinski definition) is 1. The fourth-order valence-corrected chi connectivity index (χ4v) is 3.51. The second-order valence-electron chi connectivity index (χ2n) is 5.27. The maximum absolute atomic E-state index is 12.8. The summed E-state index contributed by atoms with van der Waals surface area (Å²) in [6.07, 6.45) is -0.0586. The van der Waals surface area contributed by atoms with E-state index in [2.05, 4.69) is 15.9 Å². The smallest absolute Gasteiger partial charge is 0.305 e. The van der Waals surface area contributed by atoms with Gasteiger partial charge in [0.05, 0.1) is 12.3 Å². The lowest BCUT2D eigenvalue weighted by molar-refractivity contribution is -0.139. The van der Waals surface area contributed by atoms with Gasteiger partial charge < -0.3 is 10.0 Å². The molecule has 1 N–H and O–H groups in total. The summed E-state index contributed by atoms with van der Waals surface area (Å²) < 4.78 is 0.937. The molecule has 4 nitrogen and oxygen atoms in total. The van der Waals surface area contributed by atoms with Crippen LogP contribution in [0.15, 0.2) is 46.3 Å². The van der Waals surface area contributed by atoms with Gasteiger partial charge in [-0.05, 0) is 36.1 Å². The van der Waals surface area contributed by atoms with Crippen molar-refractivity contribution in [3.05, 3.63) is 56.7 Å². The molecular weight excluding hydrogens is 378 g/mol. The van der Waals surface area contributed by atoms with Crippen molar-refractivity contribution in [1.82, 2.24) is 4.90 Å². The molecule has 1 amide bonds. The molecule has 1 aromatic carbocycles. The zero-order chi connectivity index (χ0) is 16.8. The molecule has 122 valence electrons. The number of amides is 1. The molecule has 1 heterocycles. The summed E-state index contributed by atoms with van der Waals surface area (Å²) in [5.41, 5.74) is 0.969. The molecular formula is C17H18BrNO3S. The van der Waals surface area contributed by atoms with Gasteiger partial charge in [-0.15, -0.1) is 11.3 Å². The number of carbonyl (C=O) groups excluding carboxylic acids is 1. The number of halogens is 1. The van der Waals surface area contributed by atoms with Crippen LogP contribution in [-0.4, -0.2) is 28.4 Å². The molecule has 0 radical (unpaired) electrons. The molecule has 0 bridgehead atoms. The van der Waals surface area contributed by atoms with E-state index in [1.165, 1.54) is 11.3 Å². The molecule has 1 unspecified atom stereocenters. The number of benzene rings is 1. The molecule has 1 atom stereocenters. The van der Waals surface area contributed by atoms with Crippen LogP contribution in [0.1, 0.15) is 29.7 Å². The number of carboxylic acids is 1. The van der Waals surface area contributed by atoms with Crippen molar-refractivity contribution in [2.75, 3.05) is 6.54 Å². The number of rotatable bonds is 7. The van der Waals surface area contributed by atoms with Crippen molar-refractivity contribution in [3.8, 4) is 0 Å². The Kier molecular flexibility index (Phi) is 6.36. The van der Waals surface area contributed by atoms with E-state index in [0.717, 1.165) is 14.9 Å². The predicted octanol–water partition coefficient (Wildman–Crippen LogP) is 4.12. The molecule has 0 aliphatic carbocycles. The maximum atomic E-state index is 12.8. The van der Waals surface area contributed by atoms with Gasteiger partial charge in [0.2, 0.25) is 5.91 Å². The van der Waals surface area contributed by atoms with Gasteiger partial charge in [0.1, 0.15) is 0 Å². The Morgan fingerprint density at radius 3 is 2.70 bits per heavy atom. The highest BCUT2D eigenvalue weighted by Crippen LogP contribution is 2.24. The van der Waals surface area contributed by atoms with Gasteiger partial charge in [0.25, 0.3) is 0 Å². The normalized spacial score (nSPS) is 11.9. The van der Waals surface area contributed by atoms with E-state index in [4.69, 9.17) is 5.11 Å². The molecule has 0 fully saturated rings. The van der Waals surface area contributed by atoms with Crippen LogP contribution in [-0.2, 0) is 16.1 Å². The van der Waals surface area contributed by atoms with Gasteiger partial charge in [0, 0.05) is 22.4 Å². The molecule has 0 aliphatic heterocycles. The lowest BCUT2D eigenvalue weighted by atomic mass is 10.1. The lowest BCUT2D eigenvalue weighted by Gasteiger charge is -2.25. The first-order valence-electron chi connectivity index (χ1n) is 7.26. The van der Waals surface area contributed by atoms with Crippen molar-refractivity contribution in [3.63, 3.8) is 0 Å². The zero-order valence-corrected chi connectivity index (χ0v) is 15.1. The standard InChI is InChI=1S/C17H18BrNO3S/c1-12(15-6-3-9-23-15)17(22)19(8-7-16(20)21)11-13-4-2-5-14(18)10-13/h2-6,9-10,12H,7-8,11H2,1H3,(H,20,21). The summed E-state index contributed by atoms with van der Waals surface area (Å²) in [5.74, 6) is -1.22. The van der Waals surface area contributed by atoms with Gasteiger partial charge in [-0.3, -0.25) is 9.59 Å². The SMILES string of the molecule is CC(C(=O)N(CCC(=O)O)Cc1cccc(Br)c1)c1cccs1. The third kappa shape index (κ3) is 5.18. The summed E-state index contributed by atoms with van der Waals surface area (Å²) in [6, 6.07) is 11.5. The fourth-order valence-electron chi connectivity index (χ4n) is 2.29. The topological polar surface area (TPSA) is 57.6 Å². The second-order valence-corrected chi connectivity index (χ2v) is 7.17. The van der Waals surface area contributed by atoms with E-state index in [9.17, 15) is 9.59 Å². The van der Waals surface area contributed by atoms with Crippen molar-refractivity contribution in [2.24, 2.45) is 0 Å². The predicted molar refractivity (Wildman–Crippen MR) is 94.5 cm³/mol. The van der Waals surface area contributed by atoms with Gasteiger partial charge in [-0.1, -0.05) is 34.1 Å². The van der Waals surface area contributed by atoms with Crippen LogP contribution < -0.4 is 0 Å². The number of carbonyl (C=O) groups is 2. The lowest BCUT2D eigenvalue weighted by Crippen LogP contribution is -2.35. The van der Waals surface area contributed by atoms with Crippen molar-refractivity contribution < 1.29 is 14.7 Å². The quantitative estimate of drug-likeness (QED) is 0.766. The molecule has 6 heteroatoms. The largest absolute Gasteiger partial charge is 0.481 e. The van der Waals surface area contributed by atoms with E-state index >= 15 is 0 Å².